The first kappa shape index (κ1) is 22.6. The Labute approximate surface area is 200 Å². The highest BCUT2D eigenvalue weighted by molar-refractivity contribution is 5.72. The van der Waals surface area contributed by atoms with E-state index in [-0.39, 0.29) is 11.9 Å². The first-order valence-corrected chi connectivity index (χ1v) is 12.4. The average Bonchev–Trinajstić information content (AvgIpc) is 3.40. The number of carbonyl (C=O) groups is 1. The molecule has 0 unspecified atom stereocenters. The molecule has 2 aliphatic rings. The molecule has 0 bridgehead atoms. The number of benzene rings is 2. The summed E-state index contributed by atoms with van der Waals surface area (Å²) in [6, 6.07) is 18.9. The van der Waals surface area contributed by atoms with E-state index in [9.17, 15) is 4.79 Å². The van der Waals surface area contributed by atoms with E-state index in [4.69, 9.17) is 9.26 Å². The van der Waals surface area contributed by atoms with E-state index in [1.54, 1.807) is 0 Å². The normalized spacial score (nSPS) is 18.2. The highest BCUT2D eigenvalue weighted by Gasteiger charge is 2.31. The number of nitrogens with zero attached hydrogens (tertiary/aromatic N) is 4. The lowest BCUT2D eigenvalue weighted by atomic mass is 9.93. The molecule has 7 heteroatoms. The SMILES string of the molecule is CCOC(=O)C1CCN(C2CCN(c3ccc(-c4noc(-c5ccccc5)n4)cc3)CC2)CC1. The van der Waals surface area contributed by atoms with Gasteiger partial charge in [0.1, 0.15) is 0 Å². The molecule has 0 aliphatic carbocycles. The van der Waals surface area contributed by atoms with Crippen molar-refractivity contribution in [3.8, 4) is 22.8 Å². The molecule has 3 heterocycles. The number of aromatic nitrogens is 2. The van der Waals surface area contributed by atoms with Gasteiger partial charge in [-0.05, 0) is 82.1 Å². The second-order valence-corrected chi connectivity index (χ2v) is 9.12. The Kier molecular flexibility index (Phi) is 6.90. The molecule has 0 spiro atoms. The zero-order valence-corrected chi connectivity index (χ0v) is 19.7. The number of hydrogen-bond acceptors (Lipinski definition) is 7. The van der Waals surface area contributed by atoms with Crippen LogP contribution in [0.4, 0.5) is 5.69 Å². The van der Waals surface area contributed by atoms with Gasteiger partial charge < -0.3 is 19.1 Å². The van der Waals surface area contributed by atoms with Crippen LogP contribution in [0.3, 0.4) is 0 Å². The van der Waals surface area contributed by atoms with Crippen LogP contribution in [0, 0.1) is 5.92 Å². The van der Waals surface area contributed by atoms with Gasteiger partial charge in [0.05, 0.1) is 12.5 Å². The first-order chi connectivity index (χ1) is 16.7. The van der Waals surface area contributed by atoms with Crippen molar-refractivity contribution in [1.82, 2.24) is 15.0 Å². The zero-order chi connectivity index (χ0) is 23.3. The molecule has 3 aromatic rings. The van der Waals surface area contributed by atoms with Crippen LogP contribution in [-0.2, 0) is 9.53 Å². The van der Waals surface area contributed by atoms with Crippen molar-refractivity contribution in [2.45, 2.75) is 38.6 Å². The Morgan fingerprint density at radius 1 is 0.941 bits per heavy atom. The molecule has 1 aromatic heterocycles. The summed E-state index contributed by atoms with van der Waals surface area (Å²) in [6.07, 6.45) is 4.14. The second kappa shape index (κ2) is 10.4. The summed E-state index contributed by atoms with van der Waals surface area (Å²) in [5.41, 5.74) is 3.11. The van der Waals surface area contributed by atoms with E-state index < -0.39 is 0 Å². The van der Waals surface area contributed by atoms with Crippen molar-refractivity contribution in [3.63, 3.8) is 0 Å². The van der Waals surface area contributed by atoms with Crippen molar-refractivity contribution in [2.24, 2.45) is 5.92 Å². The lowest BCUT2D eigenvalue weighted by molar-refractivity contribution is -0.149. The third kappa shape index (κ3) is 4.99. The average molecular weight is 461 g/mol. The van der Waals surface area contributed by atoms with E-state index in [0.717, 1.165) is 63.0 Å². The van der Waals surface area contributed by atoms with Gasteiger partial charge in [-0.3, -0.25) is 4.79 Å². The monoisotopic (exact) mass is 460 g/mol. The Balaban J connectivity index is 1.14. The first-order valence-electron chi connectivity index (χ1n) is 12.4. The summed E-state index contributed by atoms with van der Waals surface area (Å²) in [4.78, 5) is 21.6. The molecular formula is C27H32N4O3. The second-order valence-electron chi connectivity index (χ2n) is 9.12. The maximum atomic E-state index is 12.0. The van der Waals surface area contributed by atoms with Gasteiger partial charge in [0.25, 0.3) is 5.89 Å². The fourth-order valence-corrected chi connectivity index (χ4v) is 5.11. The largest absolute Gasteiger partial charge is 0.466 e. The van der Waals surface area contributed by atoms with Gasteiger partial charge in [0, 0.05) is 35.9 Å². The van der Waals surface area contributed by atoms with E-state index in [0.29, 0.717) is 24.4 Å². The van der Waals surface area contributed by atoms with Crippen molar-refractivity contribution in [1.29, 1.82) is 0 Å². The molecule has 2 fully saturated rings. The zero-order valence-electron chi connectivity index (χ0n) is 19.7. The fourth-order valence-electron chi connectivity index (χ4n) is 5.11. The molecule has 0 N–H and O–H groups in total. The lowest BCUT2D eigenvalue weighted by Gasteiger charge is -2.42. The van der Waals surface area contributed by atoms with Crippen LogP contribution in [-0.4, -0.2) is 59.8 Å². The van der Waals surface area contributed by atoms with E-state index >= 15 is 0 Å². The van der Waals surface area contributed by atoms with Crippen molar-refractivity contribution in [2.75, 3.05) is 37.7 Å². The number of rotatable bonds is 6. The van der Waals surface area contributed by atoms with Crippen molar-refractivity contribution >= 4 is 11.7 Å². The minimum absolute atomic E-state index is 0.0162. The van der Waals surface area contributed by atoms with E-state index in [1.165, 1.54) is 5.69 Å². The van der Waals surface area contributed by atoms with Gasteiger partial charge in [-0.25, -0.2) is 0 Å². The van der Waals surface area contributed by atoms with Gasteiger partial charge in [-0.1, -0.05) is 23.4 Å². The number of carbonyl (C=O) groups excluding carboxylic acids is 1. The molecule has 178 valence electrons. The quantitative estimate of drug-likeness (QED) is 0.496. The van der Waals surface area contributed by atoms with Gasteiger partial charge in [0.15, 0.2) is 0 Å². The Bertz CT molecular complexity index is 1070. The van der Waals surface area contributed by atoms with Gasteiger partial charge >= 0.3 is 5.97 Å². The number of likely N-dealkylation sites (tertiary alicyclic amines) is 1. The number of anilines is 1. The van der Waals surface area contributed by atoms with Crippen LogP contribution < -0.4 is 4.90 Å². The topological polar surface area (TPSA) is 71.7 Å². The minimum Gasteiger partial charge on any atom is -0.466 e. The molecular weight excluding hydrogens is 428 g/mol. The Hall–Kier alpha value is -3.19. The summed E-state index contributed by atoms with van der Waals surface area (Å²) in [5.74, 6) is 1.21. The molecule has 0 amide bonds. The molecule has 0 radical (unpaired) electrons. The highest BCUT2D eigenvalue weighted by atomic mass is 16.5. The predicted octanol–water partition coefficient (Wildman–Crippen LogP) is 4.65. The molecule has 34 heavy (non-hydrogen) atoms. The number of ether oxygens (including phenoxy) is 1. The Morgan fingerprint density at radius 3 is 2.32 bits per heavy atom. The summed E-state index contributed by atoms with van der Waals surface area (Å²) >= 11 is 0. The van der Waals surface area contributed by atoms with Gasteiger partial charge in [-0.15, -0.1) is 0 Å². The summed E-state index contributed by atoms with van der Waals surface area (Å²) in [6.45, 7) is 6.44. The fraction of sp³-hybridized carbons (Fsp3) is 0.444. The third-order valence-corrected chi connectivity index (χ3v) is 7.07. The molecule has 5 rings (SSSR count). The molecule has 7 nitrogen and oxygen atoms in total. The van der Waals surface area contributed by atoms with Crippen LogP contribution in [0.25, 0.3) is 22.8 Å². The predicted molar refractivity (Wildman–Crippen MR) is 131 cm³/mol. The van der Waals surface area contributed by atoms with Gasteiger partial charge in [0.2, 0.25) is 5.82 Å². The van der Waals surface area contributed by atoms with Crippen LogP contribution in [0.2, 0.25) is 0 Å². The summed E-state index contributed by atoms with van der Waals surface area (Å²) < 4.78 is 10.7. The number of piperidine rings is 2. The molecule has 0 saturated carbocycles. The van der Waals surface area contributed by atoms with Gasteiger partial charge in [-0.2, -0.15) is 4.98 Å². The minimum atomic E-state index is -0.0162. The number of hydrogen-bond donors (Lipinski definition) is 0. The maximum absolute atomic E-state index is 12.0. The highest BCUT2D eigenvalue weighted by Crippen LogP contribution is 2.29. The van der Waals surface area contributed by atoms with Crippen LogP contribution >= 0.6 is 0 Å². The lowest BCUT2D eigenvalue weighted by Crippen LogP contribution is -2.48. The number of esters is 1. The third-order valence-electron chi connectivity index (χ3n) is 7.07. The van der Waals surface area contributed by atoms with E-state index in [1.807, 2.05) is 37.3 Å². The molecule has 2 saturated heterocycles. The van der Waals surface area contributed by atoms with Crippen molar-refractivity contribution < 1.29 is 14.1 Å². The van der Waals surface area contributed by atoms with Crippen LogP contribution in [0.1, 0.15) is 32.6 Å². The van der Waals surface area contributed by atoms with Crippen LogP contribution in [0.5, 0.6) is 0 Å². The molecule has 2 aliphatic heterocycles. The smallest absolute Gasteiger partial charge is 0.309 e. The summed E-state index contributed by atoms with van der Waals surface area (Å²) in [5, 5.41) is 4.16. The molecule has 0 atom stereocenters. The Morgan fingerprint density at radius 2 is 1.65 bits per heavy atom. The van der Waals surface area contributed by atoms with Crippen molar-refractivity contribution in [3.05, 3.63) is 54.6 Å². The maximum Gasteiger partial charge on any atom is 0.309 e. The van der Waals surface area contributed by atoms with E-state index in [2.05, 4.69) is 44.2 Å². The summed E-state index contributed by atoms with van der Waals surface area (Å²) in [7, 11) is 0. The molecule has 2 aromatic carbocycles. The standard InChI is InChI=1S/C27H32N4O3/c1-2-33-27(32)22-12-16-30(17-13-22)24-14-18-31(19-15-24)23-10-8-20(9-11-23)25-28-26(34-29-25)21-6-4-3-5-7-21/h3-11,22,24H,2,12-19H2,1H3. The van der Waals surface area contributed by atoms with Crippen LogP contribution in [0.15, 0.2) is 59.1 Å².